The zero-order chi connectivity index (χ0) is 37.0. The Balaban J connectivity index is 1.24. The smallest absolute Gasteiger partial charge is 0.166 e. The molecule has 0 radical (unpaired) electrons. The van der Waals surface area contributed by atoms with Crippen molar-refractivity contribution in [2.45, 2.75) is 0 Å². The Morgan fingerprint density at radius 3 is 1.57 bits per heavy atom. The van der Waals surface area contributed by atoms with Gasteiger partial charge in [-0.15, -0.1) is 0 Å². The van der Waals surface area contributed by atoms with Gasteiger partial charge in [-0.2, -0.15) is 0 Å². The first kappa shape index (κ1) is 31.9. The Bertz CT molecular complexity index is 3180. The fraction of sp³-hybridized carbons (Fsp3) is 0. The molecule has 11 rings (SSSR count). The fourth-order valence-electron chi connectivity index (χ4n) is 8.19. The van der Waals surface area contributed by atoms with Crippen LogP contribution in [0, 0.1) is 0 Å². The van der Waals surface area contributed by atoms with Crippen molar-refractivity contribution in [1.82, 2.24) is 19.5 Å². The van der Waals surface area contributed by atoms with E-state index in [4.69, 9.17) is 19.4 Å². The number of hydrogen-bond acceptors (Lipinski definition) is 4. The Labute approximate surface area is 322 Å². The van der Waals surface area contributed by atoms with Gasteiger partial charge >= 0.3 is 0 Å². The molecule has 56 heavy (non-hydrogen) atoms. The molecule has 0 bridgehead atoms. The highest BCUT2D eigenvalue weighted by Gasteiger charge is 2.24. The molecule has 0 saturated heterocycles. The number of rotatable bonds is 6. The molecule has 262 valence electrons. The van der Waals surface area contributed by atoms with Crippen LogP contribution in [-0.4, -0.2) is 19.5 Å². The van der Waals surface area contributed by atoms with Gasteiger partial charge in [-0.05, 0) is 35.4 Å². The largest absolute Gasteiger partial charge is 0.455 e. The minimum atomic E-state index is 0.597. The van der Waals surface area contributed by atoms with Crippen LogP contribution in [0.3, 0.4) is 0 Å². The fourth-order valence-corrected chi connectivity index (χ4v) is 8.19. The van der Waals surface area contributed by atoms with Crippen molar-refractivity contribution in [1.29, 1.82) is 0 Å². The maximum absolute atomic E-state index is 6.61. The van der Waals surface area contributed by atoms with Gasteiger partial charge in [-0.1, -0.05) is 170 Å². The highest BCUT2D eigenvalue weighted by Crippen LogP contribution is 2.45. The van der Waals surface area contributed by atoms with E-state index in [-0.39, 0.29) is 0 Å². The zero-order valence-electron chi connectivity index (χ0n) is 30.2. The molecule has 0 aliphatic rings. The zero-order valence-corrected chi connectivity index (χ0v) is 30.2. The molecule has 8 aromatic carbocycles. The lowest BCUT2D eigenvalue weighted by molar-refractivity contribution is 0.670. The van der Waals surface area contributed by atoms with Crippen LogP contribution in [0.1, 0.15) is 0 Å². The third-order valence-electron chi connectivity index (χ3n) is 10.7. The van der Waals surface area contributed by atoms with Gasteiger partial charge in [-0.25, -0.2) is 15.0 Å². The molecule has 0 saturated carbocycles. The number of para-hydroxylation sites is 4. The monoisotopic (exact) mass is 716 g/mol. The van der Waals surface area contributed by atoms with Gasteiger partial charge in [0.15, 0.2) is 17.5 Å². The van der Waals surface area contributed by atoms with Crippen molar-refractivity contribution in [3.63, 3.8) is 0 Å². The average Bonchev–Trinajstić information content (AvgIpc) is 3.83. The summed E-state index contributed by atoms with van der Waals surface area (Å²) in [6.07, 6.45) is 0. The molecule has 0 unspecified atom stereocenters. The third kappa shape index (κ3) is 5.13. The molecule has 0 aliphatic carbocycles. The van der Waals surface area contributed by atoms with E-state index in [0.717, 1.165) is 88.4 Å². The predicted octanol–water partition coefficient (Wildman–Crippen LogP) is 13.2. The van der Waals surface area contributed by atoms with Crippen LogP contribution in [-0.2, 0) is 0 Å². The second-order valence-corrected chi connectivity index (χ2v) is 13.9. The van der Waals surface area contributed by atoms with Crippen LogP contribution < -0.4 is 0 Å². The summed E-state index contributed by atoms with van der Waals surface area (Å²) in [6, 6.07) is 67.3. The predicted molar refractivity (Wildman–Crippen MR) is 229 cm³/mol. The first-order chi connectivity index (χ1) is 27.8. The molecule has 0 aliphatic heterocycles. The van der Waals surface area contributed by atoms with Crippen LogP contribution in [0.4, 0.5) is 0 Å². The molecule has 3 aromatic heterocycles. The van der Waals surface area contributed by atoms with E-state index >= 15 is 0 Å². The van der Waals surface area contributed by atoms with Gasteiger partial charge in [0.25, 0.3) is 0 Å². The summed E-state index contributed by atoms with van der Waals surface area (Å²) in [7, 11) is 0. The van der Waals surface area contributed by atoms with Crippen LogP contribution in [0.2, 0.25) is 0 Å². The van der Waals surface area contributed by atoms with Gasteiger partial charge in [0.1, 0.15) is 11.2 Å². The van der Waals surface area contributed by atoms with Gasteiger partial charge < -0.3 is 8.98 Å². The Hall–Kier alpha value is -7.63. The molecule has 5 nitrogen and oxygen atoms in total. The standard InChI is InChI=1S/C51H32N4O/c1-4-17-33(18-5-1)36-25-14-29-42(51-53-49(34-19-6-2-7-20-34)52-50(54-51)35-21-8-3-9-22-35)47(36)55-43-30-12-10-24-41(43)46-38(26-16-31-44(46)55)40-28-15-27-39-37-23-11-13-32-45(37)56-48(39)40/h1-32H. The summed E-state index contributed by atoms with van der Waals surface area (Å²) >= 11 is 0. The summed E-state index contributed by atoms with van der Waals surface area (Å²) < 4.78 is 9.01. The minimum absolute atomic E-state index is 0.597. The van der Waals surface area contributed by atoms with Gasteiger partial charge in [0.2, 0.25) is 0 Å². The van der Waals surface area contributed by atoms with Gasteiger partial charge in [0.05, 0.1) is 16.7 Å². The van der Waals surface area contributed by atoms with E-state index in [9.17, 15) is 0 Å². The first-order valence-corrected chi connectivity index (χ1v) is 18.8. The maximum Gasteiger partial charge on any atom is 0.166 e. The molecule has 0 spiro atoms. The number of nitrogens with zero attached hydrogens (tertiary/aromatic N) is 4. The Morgan fingerprint density at radius 1 is 0.339 bits per heavy atom. The maximum atomic E-state index is 6.61. The van der Waals surface area contributed by atoms with E-state index in [2.05, 4.69) is 126 Å². The number of hydrogen-bond donors (Lipinski definition) is 0. The lowest BCUT2D eigenvalue weighted by atomic mass is 9.97. The quantitative estimate of drug-likeness (QED) is 0.172. The summed E-state index contributed by atoms with van der Waals surface area (Å²) in [5, 5.41) is 4.51. The summed E-state index contributed by atoms with van der Waals surface area (Å²) in [5.74, 6) is 1.84. The summed E-state index contributed by atoms with van der Waals surface area (Å²) in [6.45, 7) is 0. The molecule has 3 heterocycles. The van der Waals surface area contributed by atoms with Crippen molar-refractivity contribution in [2.75, 3.05) is 0 Å². The Kier molecular flexibility index (Phi) is 7.42. The van der Waals surface area contributed by atoms with E-state index in [1.807, 2.05) is 72.8 Å². The number of benzene rings is 8. The van der Waals surface area contributed by atoms with Crippen molar-refractivity contribution < 1.29 is 4.42 Å². The topological polar surface area (TPSA) is 56.7 Å². The number of fused-ring (bicyclic) bond motifs is 6. The van der Waals surface area contributed by atoms with Crippen LogP contribution in [0.25, 0.3) is 106 Å². The summed E-state index contributed by atoms with van der Waals surface area (Å²) in [5.41, 5.74) is 12.0. The molecule has 0 atom stereocenters. The van der Waals surface area contributed by atoms with Crippen molar-refractivity contribution in [3.8, 4) is 62.1 Å². The average molecular weight is 717 g/mol. The number of aromatic nitrogens is 4. The molecule has 0 fully saturated rings. The first-order valence-electron chi connectivity index (χ1n) is 18.8. The molecular formula is C51H32N4O. The molecular weight excluding hydrogens is 685 g/mol. The van der Waals surface area contributed by atoms with Crippen LogP contribution >= 0.6 is 0 Å². The normalized spacial score (nSPS) is 11.6. The van der Waals surface area contributed by atoms with E-state index in [1.54, 1.807) is 0 Å². The van der Waals surface area contributed by atoms with E-state index in [1.165, 1.54) is 0 Å². The molecule has 5 heteroatoms. The van der Waals surface area contributed by atoms with Gasteiger partial charge in [-0.3, -0.25) is 0 Å². The van der Waals surface area contributed by atoms with Crippen molar-refractivity contribution in [2.24, 2.45) is 0 Å². The highest BCUT2D eigenvalue weighted by atomic mass is 16.3. The third-order valence-corrected chi connectivity index (χ3v) is 10.7. The Morgan fingerprint density at radius 2 is 0.839 bits per heavy atom. The highest BCUT2D eigenvalue weighted by molar-refractivity contribution is 6.19. The minimum Gasteiger partial charge on any atom is -0.455 e. The van der Waals surface area contributed by atoms with Crippen molar-refractivity contribution in [3.05, 3.63) is 194 Å². The SMILES string of the molecule is c1ccc(-c2nc(-c3ccccc3)nc(-c3cccc(-c4ccccc4)c3-n3c4ccccc4c4c(-c5cccc6c5oc5ccccc56)cccc43)n2)cc1. The van der Waals surface area contributed by atoms with Gasteiger partial charge in [0, 0.05) is 49.4 Å². The second kappa shape index (κ2) is 13.0. The summed E-state index contributed by atoms with van der Waals surface area (Å²) in [4.78, 5) is 15.5. The molecule has 0 amide bonds. The van der Waals surface area contributed by atoms with E-state index in [0.29, 0.717) is 17.5 Å². The van der Waals surface area contributed by atoms with E-state index < -0.39 is 0 Å². The van der Waals surface area contributed by atoms with Crippen LogP contribution in [0.5, 0.6) is 0 Å². The lowest BCUT2D eigenvalue weighted by Crippen LogP contribution is -2.05. The molecule has 11 aromatic rings. The number of furan rings is 1. The molecule has 0 N–H and O–H groups in total. The second-order valence-electron chi connectivity index (χ2n) is 13.9. The van der Waals surface area contributed by atoms with Crippen molar-refractivity contribution >= 4 is 43.7 Å². The lowest BCUT2D eigenvalue weighted by Gasteiger charge is -2.19. The van der Waals surface area contributed by atoms with Crippen LogP contribution in [0.15, 0.2) is 199 Å².